The fourth-order valence-electron chi connectivity index (χ4n) is 1.51. The Kier molecular flexibility index (Phi) is 4.08. The van der Waals surface area contributed by atoms with E-state index in [0.29, 0.717) is 5.02 Å². The Labute approximate surface area is 121 Å². The molecule has 1 heterocycles. The molecule has 2 aromatic rings. The van der Waals surface area contributed by atoms with Crippen LogP contribution in [0, 0.1) is 0 Å². The van der Waals surface area contributed by atoms with Crippen molar-refractivity contribution in [3.8, 4) is 5.69 Å². The summed E-state index contributed by atoms with van der Waals surface area (Å²) in [6.45, 7) is 0. The molecule has 0 fully saturated rings. The van der Waals surface area contributed by atoms with Crippen LogP contribution in [0.2, 0.25) is 15.2 Å². The zero-order valence-electron chi connectivity index (χ0n) is 9.08. The van der Waals surface area contributed by atoms with Gasteiger partial charge in [-0.05, 0) is 18.2 Å². The highest BCUT2D eigenvalue weighted by Gasteiger charge is 2.24. The third-order valence-corrected chi connectivity index (χ3v) is 3.26. The summed E-state index contributed by atoms with van der Waals surface area (Å²) in [7, 11) is 0. The van der Waals surface area contributed by atoms with Gasteiger partial charge in [0, 0.05) is 5.02 Å². The van der Waals surface area contributed by atoms with Crippen molar-refractivity contribution in [3.05, 3.63) is 44.7 Å². The molecule has 0 saturated carbocycles. The number of carbonyl (C=O) groups excluding carboxylic acids is 1. The zero-order valence-corrected chi connectivity index (χ0v) is 11.3. The van der Waals surface area contributed by atoms with E-state index in [1.807, 2.05) is 0 Å². The molecule has 0 unspecified atom stereocenters. The largest absolute Gasteiger partial charge is 0.298 e. The van der Waals surface area contributed by atoms with Crippen molar-refractivity contribution in [1.29, 1.82) is 0 Å². The van der Waals surface area contributed by atoms with Crippen molar-refractivity contribution >= 4 is 41.1 Å². The van der Waals surface area contributed by atoms with Gasteiger partial charge in [-0.3, -0.25) is 4.79 Å². The van der Waals surface area contributed by atoms with E-state index in [1.165, 1.54) is 18.2 Å². The average molecular weight is 326 g/mol. The van der Waals surface area contributed by atoms with E-state index in [1.54, 1.807) is 0 Å². The van der Waals surface area contributed by atoms with Crippen molar-refractivity contribution in [3.63, 3.8) is 0 Å². The third-order valence-electron chi connectivity index (χ3n) is 2.35. The van der Waals surface area contributed by atoms with Crippen LogP contribution >= 0.6 is 34.8 Å². The lowest BCUT2D eigenvalue weighted by atomic mass is 10.3. The van der Waals surface area contributed by atoms with E-state index in [0.717, 1.165) is 4.68 Å². The van der Waals surface area contributed by atoms with Crippen LogP contribution in [0.25, 0.3) is 5.69 Å². The molecule has 2 rings (SSSR count). The Morgan fingerprint density at radius 2 is 1.95 bits per heavy atom. The molecule has 1 aromatic carbocycles. The number of hydrogen-bond acceptors (Lipinski definition) is 2. The maximum absolute atomic E-state index is 12.7. The molecule has 19 heavy (non-hydrogen) atoms. The second kappa shape index (κ2) is 5.45. The molecular formula is C11H5Cl3F2N2O. The number of nitrogens with zero attached hydrogens (tertiary/aromatic N) is 2. The Balaban J connectivity index is 2.66. The molecule has 0 aliphatic heterocycles. The lowest BCUT2D eigenvalue weighted by molar-refractivity contribution is 0.110. The van der Waals surface area contributed by atoms with Gasteiger partial charge in [0.05, 0.1) is 16.3 Å². The number of aldehydes is 1. The van der Waals surface area contributed by atoms with Gasteiger partial charge < -0.3 is 0 Å². The molecule has 0 bridgehead atoms. The number of hydrogen-bond donors (Lipinski definition) is 0. The molecule has 0 aliphatic rings. The van der Waals surface area contributed by atoms with Crippen molar-refractivity contribution in [2.24, 2.45) is 0 Å². The summed E-state index contributed by atoms with van der Waals surface area (Å²) in [6.07, 6.45) is -2.68. The molecule has 0 saturated heterocycles. The summed E-state index contributed by atoms with van der Waals surface area (Å²) in [5.41, 5.74) is -0.792. The van der Waals surface area contributed by atoms with Crippen LogP contribution in [-0.4, -0.2) is 16.1 Å². The smallest absolute Gasteiger partial charge is 0.282 e. The monoisotopic (exact) mass is 324 g/mol. The van der Waals surface area contributed by atoms with Crippen LogP contribution in [0.5, 0.6) is 0 Å². The maximum Gasteiger partial charge on any atom is 0.282 e. The fourth-order valence-corrected chi connectivity index (χ4v) is 2.27. The quantitative estimate of drug-likeness (QED) is 0.774. The van der Waals surface area contributed by atoms with Crippen LogP contribution in [0.15, 0.2) is 18.2 Å². The topological polar surface area (TPSA) is 34.9 Å². The van der Waals surface area contributed by atoms with Gasteiger partial charge in [-0.15, -0.1) is 0 Å². The Morgan fingerprint density at radius 3 is 2.42 bits per heavy atom. The Hall–Kier alpha value is -1.17. The van der Waals surface area contributed by atoms with E-state index in [2.05, 4.69) is 5.10 Å². The Morgan fingerprint density at radius 1 is 1.26 bits per heavy atom. The Bertz CT molecular complexity index is 643. The van der Waals surface area contributed by atoms with Gasteiger partial charge in [-0.2, -0.15) is 5.10 Å². The highest BCUT2D eigenvalue weighted by atomic mass is 35.5. The van der Waals surface area contributed by atoms with Crippen LogP contribution in [-0.2, 0) is 0 Å². The highest BCUT2D eigenvalue weighted by Crippen LogP contribution is 2.32. The van der Waals surface area contributed by atoms with Gasteiger partial charge in [0.25, 0.3) is 6.43 Å². The van der Waals surface area contributed by atoms with E-state index >= 15 is 0 Å². The minimum Gasteiger partial charge on any atom is -0.298 e. The second-order valence-electron chi connectivity index (χ2n) is 3.52. The predicted octanol–water partition coefficient (Wildman–Crippen LogP) is 4.58. The van der Waals surface area contributed by atoms with E-state index in [-0.39, 0.29) is 27.7 Å². The van der Waals surface area contributed by atoms with Crippen molar-refractivity contribution in [2.45, 2.75) is 6.43 Å². The summed E-state index contributed by atoms with van der Waals surface area (Å²) >= 11 is 17.5. The van der Waals surface area contributed by atoms with Gasteiger partial charge in [-0.1, -0.05) is 34.8 Å². The summed E-state index contributed by atoms with van der Waals surface area (Å²) in [4.78, 5) is 10.8. The fraction of sp³-hybridized carbons (Fsp3) is 0.0909. The van der Waals surface area contributed by atoms with Crippen molar-refractivity contribution < 1.29 is 13.6 Å². The molecular weight excluding hydrogens is 320 g/mol. The maximum atomic E-state index is 12.7. The number of carbonyl (C=O) groups is 1. The first-order valence-electron chi connectivity index (χ1n) is 4.93. The SMILES string of the molecule is O=Cc1c(C(F)F)nn(-c2ccc(Cl)cc2Cl)c1Cl. The summed E-state index contributed by atoms with van der Waals surface area (Å²) in [5.74, 6) is 0. The van der Waals surface area contributed by atoms with Gasteiger partial charge in [0.15, 0.2) is 6.29 Å². The van der Waals surface area contributed by atoms with Crippen LogP contribution in [0.4, 0.5) is 8.78 Å². The van der Waals surface area contributed by atoms with Crippen LogP contribution < -0.4 is 0 Å². The normalized spacial score (nSPS) is 11.1. The van der Waals surface area contributed by atoms with E-state index in [9.17, 15) is 13.6 Å². The molecule has 0 N–H and O–H groups in total. The third kappa shape index (κ3) is 2.59. The molecule has 8 heteroatoms. The lowest BCUT2D eigenvalue weighted by Crippen LogP contribution is -1.98. The van der Waals surface area contributed by atoms with Crippen molar-refractivity contribution in [2.75, 3.05) is 0 Å². The van der Waals surface area contributed by atoms with Gasteiger partial charge in [0.2, 0.25) is 0 Å². The zero-order chi connectivity index (χ0) is 14.2. The molecule has 3 nitrogen and oxygen atoms in total. The van der Waals surface area contributed by atoms with Gasteiger partial charge >= 0.3 is 0 Å². The first kappa shape index (κ1) is 14.2. The number of alkyl halides is 2. The van der Waals surface area contributed by atoms with Gasteiger partial charge in [-0.25, -0.2) is 13.5 Å². The van der Waals surface area contributed by atoms with Crippen LogP contribution in [0.3, 0.4) is 0 Å². The molecule has 0 spiro atoms. The number of rotatable bonds is 3. The van der Waals surface area contributed by atoms with Gasteiger partial charge in [0.1, 0.15) is 10.8 Å². The molecule has 100 valence electrons. The number of aromatic nitrogens is 2. The standard InChI is InChI=1S/C11H5Cl3F2N2O/c12-5-1-2-8(7(13)3-5)18-10(14)6(4-19)9(17-18)11(15)16/h1-4,11H. The first-order chi connectivity index (χ1) is 8.95. The van der Waals surface area contributed by atoms with Crippen LogP contribution in [0.1, 0.15) is 22.5 Å². The van der Waals surface area contributed by atoms with Crippen molar-refractivity contribution in [1.82, 2.24) is 9.78 Å². The second-order valence-corrected chi connectivity index (χ2v) is 4.72. The molecule has 0 amide bonds. The predicted molar refractivity (Wildman–Crippen MR) is 68.9 cm³/mol. The number of halogens is 5. The minimum absolute atomic E-state index is 0.176. The molecule has 0 aliphatic carbocycles. The summed E-state index contributed by atoms with van der Waals surface area (Å²) in [5, 5.41) is 3.94. The number of benzene rings is 1. The first-order valence-corrected chi connectivity index (χ1v) is 6.06. The highest BCUT2D eigenvalue weighted by molar-refractivity contribution is 6.36. The van der Waals surface area contributed by atoms with E-state index in [4.69, 9.17) is 34.8 Å². The molecule has 0 radical (unpaired) electrons. The minimum atomic E-state index is -2.91. The molecule has 1 aromatic heterocycles. The summed E-state index contributed by atoms with van der Waals surface area (Å²) < 4.78 is 26.5. The summed E-state index contributed by atoms with van der Waals surface area (Å²) in [6, 6.07) is 4.38. The molecule has 0 atom stereocenters. The lowest BCUT2D eigenvalue weighted by Gasteiger charge is -2.05. The average Bonchev–Trinajstić information content (AvgIpc) is 2.66. The van der Waals surface area contributed by atoms with E-state index < -0.39 is 12.1 Å².